The zero-order valence-corrected chi connectivity index (χ0v) is 19.6. The number of anilines is 2. The minimum Gasteiger partial charge on any atom is -0.376 e. The number of hydrogen-bond acceptors (Lipinski definition) is 4. The number of unbranched alkanes of at least 4 members (excludes halogenated alkanes) is 1. The SMILES string of the molecule is CCCCc1ccc(C(=O)Nc2ccc(N3CCCC3)c(C(=O)NCC3CCCO3)c2)cc1. The zero-order valence-electron chi connectivity index (χ0n) is 19.6. The van der Waals surface area contributed by atoms with Gasteiger partial charge in [-0.15, -0.1) is 0 Å². The molecule has 0 saturated carbocycles. The van der Waals surface area contributed by atoms with Crippen LogP contribution in [-0.4, -0.2) is 44.2 Å². The summed E-state index contributed by atoms with van der Waals surface area (Å²) in [6.07, 6.45) is 7.69. The Morgan fingerprint density at radius 1 is 1.03 bits per heavy atom. The molecular formula is C27H35N3O3. The van der Waals surface area contributed by atoms with Crippen LogP contribution in [0.4, 0.5) is 11.4 Å². The summed E-state index contributed by atoms with van der Waals surface area (Å²) in [5.41, 5.74) is 4.01. The molecule has 2 fully saturated rings. The molecule has 2 heterocycles. The van der Waals surface area contributed by atoms with Gasteiger partial charge in [0.15, 0.2) is 0 Å². The Hall–Kier alpha value is -2.86. The molecule has 2 aliphatic heterocycles. The molecule has 33 heavy (non-hydrogen) atoms. The van der Waals surface area contributed by atoms with E-state index in [-0.39, 0.29) is 17.9 Å². The Kier molecular flexibility index (Phi) is 8.00. The van der Waals surface area contributed by atoms with Crippen molar-refractivity contribution in [2.45, 2.75) is 58.0 Å². The molecule has 2 aromatic rings. The van der Waals surface area contributed by atoms with Gasteiger partial charge >= 0.3 is 0 Å². The number of benzene rings is 2. The third-order valence-electron chi connectivity index (χ3n) is 6.50. The summed E-state index contributed by atoms with van der Waals surface area (Å²) in [6.45, 7) is 5.35. The van der Waals surface area contributed by atoms with Crippen LogP contribution in [0.15, 0.2) is 42.5 Å². The fourth-order valence-corrected chi connectivity index (χ4v) is 4.54. The van der Waals surface area contributed by atoms with Crippen LogP contribution in [0.25, 0.3) is 0 Å². The summed E-state index contributed by atoms with van der Waals surface area (Å²) in [7, 11) is 0. The van der Waals surface area contributed by atoms with E-state index in [1.54, 1.807) is 6.07 Å². The first-order chi connectivity index (χ1) is 16.1. The largest absolute Gasteiger partial charge is 0.376 e. The molecule has 1 atom stereocenters. The lowest BCUT2D eigenvalue weighted by atomic mass is 10.1. The monoisotopic (exact) mass is 449 g/mol. The Morgan fingerprint density at radius 2 is 1.82 bits per heavy atom. The molecule has 2 aliphatic rings. The highest BCUT2D eigenvalue weighted by molar-refractivity contribution is 6.06. The van der Waals surface area contributed by atoms with E-state index in [0.717, 1.165) is 70.3 Å². The van der Waals surface area contributed by atoms with E-state index in [1.807, 2.05) is 36.4 Å². The van der Waals surface area contributed by atoms with E-state index in [0.29, 0.717) is 23.4 Å². The smallest absolute Gasteiger partial charge is 0.255 e. The molecule has 2 N–H and O–H groups in total. The molecule has 4 rings (SSSR count). The van der Waals surface area contributed by atoms with Crippen molar-refractivity contribution in [1.82, 2.24) is 5.32 Å². The number of hydrogen-bond donors (Lipinski definition) is 2. The molecule has 0 bridgehead atoms. The molecule has 2 saturated heterocycles. The van der Waals surface area contributed by atoms with Gasteiger partial charge in [0, 0.05) is 43.2 Å². The van der Waals surface area contributed by atoms with E-state index in [4.69, 9.17) is 4.74 Å². The van der Waals surface area contributed by atoms with Crippen LogP contribution in [0.2, 0.25) is 0 Å². The molecule has 0 aromatic heterocycles. The quantitative estimate of drug-likeness (QED) is 0.577. The molecular weight excluding hydrogens is 414 g/mol. The van der Waals surface area contributed by atoms with Crippen molar-refractivity contribution in [2.24, 2.45) is 0 Å². The van der Waals surface area contributed by atoms with Gasteiger partial charge in [0.2, 0.25) is 0 Å². The maximum absolute atomic E-state index is 13.1. The van der Waals surface area contributed by atoms with Gasteiger partial charge in [-0.3, -0.25) is 9.59 Å². The highest BCUT2D eigenvalue weighted by atomic mass is 16.5. The maximum Gasteiger partial charge on any atom is 0.255 e. The highest BCUT2D eigenvalue weighted by Gasteiger charge is 2.22. The predicted molar refractivity (Wildman–Crippen MR) is 132 cm³/mol. The summed E-state index contributed by atoms with van der Waals surface area (Å²) in [6, 6.07) is 13.4. The lowest BCUT2D eigenvalue weighted by Crippen LogP contribution is -2.33. The van der Waals surface area contributed by atoms with E-state index < -0.39 is 0 Å². The van der Waals surface area contributed by atoms with Crippen LogP contribution < -0.4 is 15.5 Å². The van der Waals surface area contributed by atoms with Gasteiger partial charge in [-0.25, -0.2) is 0 Å². The molecule has 2 amide bonds. The molecule has 0 radical (unpaired) electrons. The number of amides is 2. The van der Waals surface area contributed by atoms with Crippen molar-refractivity contribution in [3.8, 4) is 0 Å². The Morgan fingerprint density at radius 3 is 2.52 bits per heavy atom. The van der Waals surface area contributed by atoms with Gasteiger partial charge in [-0.1, -0.05) is 25.5 Å². The van der Waals surface area contributed by atoms with Crippen LogP contribution in [0, 0.1) is 0 Å². The van der Waals surface area contributed by atoms with Gasteiger partial charge in [-0.2, -0.15) is 0 Å². The third-order valence-corrected chi connectivity index (χ3v) is 6.50. The van der Waals surface area contributed by atoms with Crippen molar-refractivity contribution >= 4 is 23.2 Å². The molecule has 176 valence electrons. The van der Waals surface area contributed by atoms with E-state index in [9.17, 15) is 9.59 Å². The van der Waals surface area contributed by atoms with Gasteiger partial charge in [0.25, 0.3) is 11.8 Å². The average Bonchev–Trinajstić information content (AvgIpc) is 3.56. The van der Waals surface area contributed by atoms with Crippen molar-refractivity contribution in [3.05, 3.63) is 59.2 Å². The van der Waals surface area contributed by atoms with E-state index in [1.165, 1.54) is 5.56 Å². The lowest BCUT2D eigenvalue weighted by Gasteiger charge is -2.22. The van der Waals surface area contributed by atoms with Crippen LogP contribution in [0.3, 0.4) is 0 Å². The molecule has 6 heteroatoms. The van der Waals surface area contributed by atoms with E-state index >= 15 is 0 Å². The van der Waals surface area contributed by atoms with Crippen LogP contribution >= 0.6 is 0 Å². The summed E-state index contributed by atoms with van der Waals surface area (Å²) >= 11 is 0. The number of carbonyl (C=O) groups is 2. The summed E-state index contributed by atoms with van der Waals surface area (Å²) in [5.74, 6) is -0.291. The number of aryl methyl sites for hydroxylation is 1. The van der Waals surface area contributed by atoms with Crippen molar-refractivity contribution in [1.29, 1.82) is 0 Å². The highest BCUT2D eigenvalue weighted by Crippen LogP contribution is 2.28. The summed E-state index contributed by atoms with van der Waals surface area (Å²) < 4.78 is 5.64. The maximum atomic E-state index is 13.1. The second-order valence-corrected chi connectivity index (χ2v) is 9.03. The van der Waals surface area contributed by atoms with Gasteiger partial charge in [0.1, 0.15) is 0 Å². The van der Waals surface area contributed by atoms with Gasteiger partial charge in [0.05, 0.1) is 11.7 Å². The normalized spacial score (nSPS) is 17.8. The van der Waals surface area contributed by atoms with E-state index in [2.05, 4.69) is 22.5 Å². The Labute approximate surface area is 196 Å². The second kappa shape index (κ2) is 11.3. The Bertz CT molecular complexity index is 946. The minimum absolute atomic E-state index is 0.0902. The first kappa shape index (κ1) is 23.3. The Balaban J connectivity index is 1.47. The molecule has 0 aliphatic carbocycles. The standard InChI is InChI=1S/C27H35N3O3/c1-2-3-7-20-9-11-21(12-10-20)26(31)29-22-13-14-25(30-15-4-5-16-30)24(18-22)27(32)28-19-23-8-6-17-33-23/h9-14,18,23H,2-8,15-17,19H2,1H3,(H,28,32)(H,29,31). The summed E-state index contributed by atoms with van der Waals surface area (Å²) in [5, 5.41) is 6.01. The third kappa shape index (κ3) is 6.14. The van der Waals surface area contributed by atoms with Gasteiger partial charge < -0.3 is 20.3 Å². The molecule has 2 aromatic carbocycles. The van der Waals surface area contributed by atoms with Crippen LogP contribution in [0.5, 0.6) is 0 Å². The number of nitrogens with one attached hydrogen (secondary N) is 2. The lowest BCUT2D eigenvalue weighted by molar-refractivity contribution is 0.0858. The number of ether oxygens (including phenoxy) is 1. The number of nitrogens with zero attached hydrogens (tertiary/aromatic N) is 1. The van der Waals surface area contributed by atoms with Gasteiger partial charge in [-0.05, 0) is 74.4 Å². The minimum atomic E-state index is -0.170. The first-order valence-electron chi connectivity index (χ1n) is 12.3. The fourth-order valence-electron chi connectivity index (χ4n) is 4.54. The van der Waals surface area contributed by atoms with Crippen molar-refractivity contribution < 1.29 is 14.3 Å². The topological polar surface area (TPSA) is 70.7 Å². The molecule has 6 nitrogen and oxygen atoms in total. The summed E-state index contributed by atoms with van der Waals surface area (Å²) in [4.78, 5) is 28.2. The average molecular weight is 450 g/mol. The second-order valence-electron chi connectivity index (χ2n) is 9.03. The molecule has 1 unspecified atom stereocenters. The van der Waals surface area contributed by atoms with Crippen molar-refractivity contribution in [2.75, 3.05) is 36.5 Å². The van der Waals surface area contributed by atoms with Crippen molar-refractivity contribution in [3.63, 3.8) is 0 Å². The molecule has 0 spiro atoms. The predicted octanol–water partition coefficient (Wildman–Crippen LogP) is 4.79. The fraction of sp³-hybridized carbons (Fsp3) is 0.481. The van der Waals surface area contributed by atoms with Crippen LogP contribution in [-0.2, 0) is 11.2 Å². The number of rotatable bonds is 9. The van der Waals surface area contributed by atoms with Crippen LogP contribution in [0.1, 0.15) is 71.7 Å². The first-order valence-corrected chi connectivity index (χ1v) is 12.3. The zero-order chi connectivity index (χ0) is 23.0. The number of carbonyl (C=O) groups excluding carboxylic acids is 2.